The fourth-order valence-corrected chi connectivity index (χ4v) is 3.71. The molecule has 2 aliphatic rings. The second kappa shape index (κ2) is 4.33. The van der Waals surface area contributed by atoms with Crippen LogP contribution in [-0.4, -0.2) is 23.9 Å². The predicted molar refractivity (Wildman–Crippen MR) is 90.4 cm³/mol. The van der Waals surface area contributed by atoms with Crippen molar-refractivity contribution < 1.29 is 8.92 Å². The summed E-state index contributed by atoms with van der Waals surface area (Å²) in [5.41, 5.74) is 1.54. The van der Waals surface area contributed by atoms with Crippen LogP contribution in [0.1, 0.15) is 39.2 Å². The molecule has 0 saturated heterocycles. The highest BCUT2D eigenvalue weighted by Gasteiger charge is 2.53. The Hall–Kier alpha value is -0.350. The van der Waals surface area contributed by atoms with Crippen molar-refractivity contribution in [1.29, 1.82) is 0 Å². The maximum atomic E-state index is 6.52. The highest BCUT2D eigenvalue weighted by atomic mass is 79.9. The Labute approximate surface area is 131 Å². The smallest absolute Gasteiger partial charge is 0.142 e. The Balaban J connectivity index is 2.03. The molecular formula is C16H23BrO2S. The molecule has 1 spiro atoms. The summed E-state index contributed by atoms with van der Waals surface area (Å²) in [5, 5.41) is 0. The highest BCUT2D eigenvalue weighted by Crippen LogP contribution is 2.63. The van der Waals surface area contributed by atoms with Crippen molar-refractivity contribution in [3.8, 4) is 11.5 Å². The van der Waals surface area contributed by atoms with Crippen molar-refractivity contribution in [2.24, 2.45) is 0 Å². The molecule has 0 unspecified atom stereocenters. The van der Waals surface area contributed by atoms with Gasteiger partial charge in [0.05, 0.1) is 11.1 Å². The summed E-state index contributed by atoms with van der Waals surface area (Å²) < 4.78 is 13.7. The van der Waals surface area contributed by atoms with E-state index in [9.17, 15) is 0 Å². The van der Waals surface area contributed by atoms with Crippen LogP contribution in [-0.2, 0) is 5.41 Å². The van der Waals surface area contributed by atoms with E-state index in [0.717, 1.165) is 22.6 Å². The minimum absolute atomic E-state index is 0.156. The standard InChI is InChI=1S/C16H23BrO2S/c1-15(2,3)20(4,5)19-12-7-6-11(17)14-13(12)16(8-9-16)10-18-14/h6-7H,8-10H2,1-5H3. The third-order valence-corrected chi connectivity index (χ3v) is 8.89. The van der Waals surface area contributed by atoms with Crippen molar-refractivity contribution in [2.75, 3.05) is 19.1 Å². The lowest BCUT2D eigenvalue weighted by Crippen LogP contribution is -2.27. The molecule has 1 saturated carbocycles. The maximum Gasteiger partial charge on any atom is 0.142 e. The topological polar surface area (TPSA) is 18.5 Å². The molecule has 0 bridgehead atoms. The van der Waals surface area contributed by atoms with E-state index in [0.29, 0.717) is 0 Å². The number of ether oxygens (including phenoxy) is 1. The lowest BCUT2D eigenvalue weighted by Gasteiger charge is -2.44. The number of benzene rings is 1. The van der Waals surface area contributed by atoms with Gasteiger partial charge in [-0.2, -0.15) is 0 Å². The lowest BCUT2D eigenvalue weighted by atomic mass is 9.98. The Morgan fingerprint density at radius 1 is 1.25 bits per heavy atom. The summed E-state index contributed by atoms with van der Waals surface area (Å²) in [4.78, 5) is 0. The molecule has 0 radical (unpaired) electrons. The van der Waals surface area contributed by atoms with Crippen molar-refractivity contribution in [3.05, 3.63) is 22.2 Å². The van der Waals surface area contributed by atoms with E-state index in [4.69, 9.17) is 8.92 Å². The second-order valence-corrected chi connectivity index (χ2v) is 12.0. The van der Waals surface area contributed by atoms with Gasteiger partial charge >= 0.3 is 0 Å². The molecule has 112 valence electrons. The van der Waals surface area contributed by atoms with Crippen LogP contribution in [0.2, 0.25) is 0 Å². The summed E-state index contributed by atoms with van der Waals surface area (Å²) in [6.07, 6.45) is 6.93. The third-order valence-electron chi connectivity index (χ3n) is 4.72. The molecule has 2 nitrogen and oxygen atoms in total. The zero-order valence-corrected chi connectivity index (χ0v) is 15.3. The van der Waals surface area contributed by atoms with E-state index in [2.05, 4.69) is 55.3 Å². The van der Waals surface area contributed by atoms with Crippen LogP contribution in [0.15, 0.2) is 16.6 Å². The highest BCUT2D eigenvalue weighted by molar-refractivity contribution is 9.10. The third kappa shape index (κ3) is 2.16. The molecule has 3 rings (SSSR count). The molecule has 0 aromatic heterocycles. The predicted octanol–water partition coefficient (Wildman–Crippen LogP) is 5.03. The first kappa shape index (κ1) is 14.6. The Bertz CT molecular complexity index is 556. The minimum Gasteiger partial charge on any atom is -0.491 e. The van der Waals surface area contributed by atoms with Gasteiger partial charge in [-0.15, -0.1) is 0 Å². The van der Waals surface area contributed by atoms with Gasteiger partial charge in [0.2, 0.25) is 0 Å². The monoisotopic (exact) mass is 358 g/mol. The normalized spacial score (nSPS) is 20.5. The summed E-state index contributed by atoms with van der Waals surface area (Å²) >= 11 is 3.61. The number of hydrogen-bond donors (Lipinski definition) is 0. The molecular weight excluding hydrogens is 336 g/mol. The zero-order chi connectivity index (χ0) is 14.8. The van der Waals surface area contributed by atoms with Gasteiger partial charge in [-0.3, -0.25) is 0 Å². The van der Waals surface area contributed by atoms with Crippen molar-refractivity contribution in [1.82, 2.24) is 0 Å². The van der Waals surface area contributed by atoms with E-state index < -0.39 is 10.3 Å². The van der Waals surface area contributed by atoms with Crippen molar-refractivity contribution in [2.45, 2.75) is 43.8 Å². The molecule has 1 aliphatic carbocycles. The molecule has 1 aromatic rings. The Morgan fingerprint density at radius 3 is 2.45 bits per heavy atom. The van der Waals surface area contributed by atoms with Gasteiger partial charge in [0, 0.05) is 15.7 Å². The summed E-state index contributed by atoms with van der Waals surface area (Å²) in [5.74, 6) is 2.04. The first-order chi connectivity index (χ1) is 9.16. The molecule has 1 aromatic carbocycles. The number of halogens is 1. The van der Waals surface area contributed by atoms with Crippen LogP contribution >= 0.6 is 26.2 Å². The van der Waals surface area contributed by atoms with Crippen LogP contribution in [0.5, 0.6) is 11.5 Å². The summed E-state index contributed by atoms with van der Waals surface area (Å²) in [6, 6.07) is 4.16. The molecule has 1 aliphatic heterocycles. The van der Waals surface area contributed by atoms with E-state index in [1.54, 1.807) is 0 Å². The van der Waals surface area contributed by atoms with E-state index in [1.165, 1.54) is 18.4 Å². The van der Waals surface area contributed by atoms with Gasteiger partial charge in [0.25, 0.3) is 0 Å². The van der Waals surface area contributed by atoms with Gasteiger partial charge in [0.1, 0.15) is 11.5 Å². The summed E-state index contributed by atoms with van der Waals surface area (Å²) in [7, 11) is -1.18. The van der Waals surface area contributed by atoms with Crippen molar-refractivity contribution in [3.63, 3.8) is 0 Å². The first-order valence-corrected chi connectivity index (χ1v) is 10.2. The van der Waals surface area contributed by atoms with Crippen molar-refractivity contribution >= 4 is 26.2 Å². The molecule has 0 N–H and O–H groups in total. The van der Waals surface area contributed by atoms with Crippen LogP contribution < -0.4 is 8.92 Å². The van der Waals surface area contributed by atoms with Gasteiger partial charge in [-0.05, 0) is 74.2 Å². The Morgan fingerprint density at radius 2 is 1.90 bits per heavy atom. The van der Waals surface area contributed by atoms with E-state index in [-0.39, 0.29) is 10.2 Å². The van der Waals surface area contributed by atoms with Gasteiger partial charge < -0.3 is 8.92 Å². The van der Waals surface area contributed by atoms with E-state index in [1.807, 2.05) is 6.07 Å². The van der Waals surface area contributed by atoms with Gasteiger partial charge in [0.15, 0.2) is 0 Å². The number of rotatable bonds is 2. The average Bonchev–Trinajstić information content (AvgIpc) is 2.96. The zero-order valence-electron chi connectivity index (χ0n) is 12.9. The molecule has 1 heterocycles. The minimum atomic E-state index is -1.18. The molecule has 20 heavy (non-hydrogen) atoms. The lowest BCUT2D eigenvalue weighted by molar-refractivity contribution is 0.322. The Kier molecular flexibility index (Phi) is 3.15. The maximum absolute atomic E-state index is 6.52. The second-order valence-electron chi connectivity index (χ2n) is 7.25. The van der Waals surface area contributed by atoms with Crippen LogP contribution in [0, 0.1) is 0 Å². The molecule has 0 atom stereocenters. The van der Waals surface area contributed by atoms with Crippen LogP contribution in [0.25, 0.3) is 0 Å². The van der Waals surface area contributed by atoms with Crippen LogP contribution in [0.4, 0.5) is 0 Å². The molecule has 1 fully saturated rings. The fraction of sp³-hybridized carbons (Fsp3) is 0.625. The largest absolute Gasteiger partial charge is 0.491 e. The molecule has 0 amide bonds. The average molecular weight is 359 g/mol. The SMILES string of the molecule is CC(C)(C)S(C)(C)Oc1ccc(Br)c2c1C1(CC1)CO2. The first-order valence-electron chi connectivity index (χ1n) is 7.04. The number of hydrogen-bond acceptors (Lipinski definition) is 2. The fourth-order valence-electron chi connectivity index (χ4n) is 2.43. The van der Waals surface area contributed by atoms with E-state index >= 15 is 0 Å². The van der Waals surface area contributed by atoms with Gasteiger partial charge in [-0.25, -0.2) is 0 Å². The van der Waals surface area contributed by atoms with Gasteiger partial charge in [-0.1, -0.05) is 10.3 Å². The summed E-state index contributed by atoms with van der Waals surface area (Å²) in [6.45, 7) is 7.58. The quantitative estimate of drug-likeness (QED) is 0.737. The molecule has 4 heteroatoms. The van der Waals surface area contributed by atoms with Crippen LogP contribution in [0.3, 0.4) is 0 Å². The number of fused-ring (bicyclic) bond motifs is 2.